The summed E-state index contributed by atoms with van der Waals surface area (Å²) in [4.78, 5) is 18.5. The molecular formula is C21H27N3O. The number of rotatable bonds is 4. The lowest BCUT2D eigenvalue weighted by molar-refractivity contribution is -0.125. The van der Waals surface area contributed by atoms with E-state index >= 15 is 0 Å². The van der Waals surface area contributed by atoms with E-state index in [1.807, 2.05) is 0 Å². The van der Waals surface area contributed by atoms with Gasteiger partial charge in [0.15, 0.2) is 0 Å². The molecule has 2 heterocycles. The Balaban J connectivity index is 1.71. The van der Waals surface area contributed by atoms with Crippen molar-refractivity contribution in [1.82, 2.24) is 15.2 Å². The lowest BCUT2D eigenvalue weighted by atomic mass is 9.79. The van der Waals surface area contributed by atoms with Crippen molar-refractivity contribution in [2.24, 2.45) is 5.92 Å². The van der Waals surface area contributed by atoms with Gasteiger partial charge in [0.05, 0.1) is 5.92 Å². The van der Waals surface area contributed by atoms with Crippen LogP contribution in [-0.4, -0.2) is 41.5 Å². The molecule has 4 heteroatoms. The number of hydrogen-bond donors (Lipinski definition) is 2. The van der Waals surface area contributed by atoms with Gasteiger partial charge in [-0.15, -0.1) is 0 Å². The molecule has 2 aromatic rings. The second-order valence-electron chi connectivity index (χ2n) is 7.45. The zero-order valence-corrected chi connectivity index (χ0v) is 15.3. The number of fused-ring (bicyclic) bond motifs is 2. The van der Waals surface area contributed by atoms with Crippen molar-refractivity contribution in [3.63, 3.8) is 0 Å². The number of H-pyrrole nitrogens is 1. The van der Waals surface area contributed by atoms with E-state index in [0.29, 0.717) is 6.04 Å². The summed E-state index contributed by atoms with van der Waals surface area (Å²) in [7, 11) is 2.15. The summed E-state index contributed by atoms with van der Waals surface area (Å²) in [5, 5.41) is 4.56. The molecule has 0 saturated heterocycles. The van der Waals surface area contributed by atoms with Gasteiger partial charge < -0.3 is 10.3 Å². The van der Waals surface area contributed by atoms with Gasteiger partial charge in [-0.2, -0.15) is 0 Å². The van der Waals surface area contributed by atoms with Gasteiger partial charge in [-0.3, -0.25) is 9.69 Å². The highest BCUT2D eigenvalue weighted by molar-refractivity contribution is 5.99. The van der Waals surface area contributed by atoms with E-state index in [9.17, 15) is 4.79 Å². The Morgan fingerprint density at radius 1 is 1.36 bits per heavy atom. The van der Waals surface area contributed by atoms with Gasteiger partial charge >= 0.3 is 0 Å². The third-order valence-electron chi connectivity index (χ3n) is 5.94. The van der Waals surface area contributed by atoms with E-state index in [1.54, 1.807) is 0 Å². The summed E-state index contributed by atoms with van der Waals surface area (Å²) in [5.41, 5.74) is 5.19. The Morgan fingerprint density at radius 2 is 2.16 bits per heavy atom. The van der Waals surface area contributed by atoms with Gasteiger partial charge in [-0.1, -0.05) is 32.1 Å². The largest absolute Gasteiger partial charge is 0.361 e. The molecule has 0 radical (unpaired) electrons. The molecule has 1 aromatic heterocycles. The number of likely N-dealkylation sites (N-methyl/N-ethyl adjacent to an activating group) is 1. The Morgan fingerprint density at radius 3 is 2.92 bits per heavy atom. The molecule has 0 unspecified atom stereocenters. The number of nitrogens with one attached hydrogen (secondary N) is 2. The first-order chi connectivity index (χ1) is 12.1. The first-order valence-electron chi connectivity index (χ1n) is 9.44. The maximum Gasteiger partial charge on any atom is 0.228 e. The minimum atomic E-state index is -0.0763. The highest BCUT2D eigenvalue weighted by Gasteiger charge is 2.35. The second kappa shape index (κ2) is 6.34. The maximum atomic E-state index is 12.8. The summed E-state index contributed by atoms with van der Waals surface area (Å²) in [6.07, 6.45) is 7.35. The molecule has 132 valence electrons. The molecule has 0 bridgehead atoms. The van der Waals surface area contributed by atoms with Crippen LogP contribution in [0.3, 0.4) is 0 Å². The number of carbonyl (C=O) groups is 1. The third-order valence-corrected chi connectivity index (χ3v) is 5.94. The Hall–Kier alpha value is -2.07. The van der Waals surface area contributed by atoms with Crippen molar-refractivity contribution in [2.75, 3.05) is 13.6 Å². The molecule has 2 N–H and O–H groups in total. The predicted molar refractivity (Wildman–Crippen MR) is 102 cm³/mol. The average Bonchev–Trinajstić information content (AvgIpc) is 3.04. The van der Waals surface area contributed by atoms with Crippen LogP contribution in [0.25, 0.3) is 16.5 Å². The van der Waals surface area contributed by atoms with Crippen LogP contribution in [0.4, 0.5) is 0 Å². The minimum Gasteiger partial charge on any atom is -0.361 e. The molecule has 1 amide bonds. The number of nitrogens with zero attached hydrogens (tertiary/aromatic N) is 1. The molecular weight excluding hydrogens is 310 g/mol. The third kappa shape index (κ3) is 2.69. The molecule has 2 atom stereocenters. The quantitative estimate of drug-likeness (QED) is 0.899. The number of benzene rings is 1. The van der Waals surface area contributed by atoms with Gasteiger partial charge in [-0.05, 0) is 49.1 Å². The van der Waals surface area contributed by atoms with Crippen LogP contribution in [0.2, 0.25) is 0 Å². The summed E-state index contributed by atoms with van der Waals surface area (Å²) in [5.74, 6) is 0.0890. The molecule has 2 aliphatic rings. The molecule has 4 rings (SSSR count). The zero-order valence-electron chi connectivity index (χ0n) is 15.3. The van der Waals surface area contributed by atoms with E-state index in [2.05, 4.69) is 66.6 Å². The summed E-state index contributed by atoms with van der Waals surface area (Å²) in [6.45, 7) is 5.05. The SMILES string of the molecule is CCC(CC)NC(=O)[C@H]1C=C2c3cccc4[nH]cc(c34)C[C@H]2N(C)C1. The smallest absolute Gasteiger partial charge is 0.228 e. The lowest BCUT2D eigenvalue weighted by Crippen LogP contribution is -2.48. The van der Waals surface area contributed by atoms with Gasteiger partial charge in [-0.25, -0.2) is 0 Å². The Kier molecular flexibility index (Phi) is 4.16. The van der Waals surface area contributed by atoms with Crippen molar-refractivity contribution in [1.29, 1.82) is 0 Å². The van der Waals surface area contributed by atoms with Gasteiger partial charge in [0.1, 0.15) is 0 Å². The number of carbonyl (C=O) groups excluding carboxylic acids is 1. The minimum absolute atomic E-state index is 0.0763. The van der Waals surface area contributed by atoms with Crippen LogP contribution in [0.1, 0.15) is 37.8 Å². The van der Waals surface area contributed by atoms with Crippen LogP contribution in [0, 0.1) is 5.92 Å². The van der Waals surface area contributed by atoms with Crippen molar-refractivity contribution < 1.29 is 4.79 Å². The van der Waals surface area contributed by atoms with E-state index in [-0.39, 0.29) is 17.9 Å². The number of hydrogen-bond acceptors (Lipinski definition) is 2. The van der Waals surface area contributed by atoms with Gasteiger partial charge in [0.2, 0.25) is 5.91 Å². The van der Waals surface area contributed by atoms with Crippen molar-refractivity contribution in [2.45, 2.75) is 45.2 Å². The van der Waals surface area contributed by atoms with Crippen molar-refractivity contribution in [3.05, 3.63) is 41.6 Å². The highest BCUT2D eigenvalue weighted by Crippen LogP contribution is 2.40. The fraction of sp³-hybridized carbons (Fsp3) is 0.476. The second-order valence-corrected chi connectivity index (χ2v) is 7.45. The topological polar surface area (TPSA) is 48.1 Å². The van der Waals surface area contributed by atoms with Crippen LogP contribution < -0.4 is 5.32 Å². The first kappa shape index (κ1) is 16.4. The summed E-state index contributed by atoms with van der Waals surface area (Å²) >= 11 is 0. The number of aromatic amines is 1. The first-order valence-corrected chi connectivity index (χ1v) is 9.44. The molecule has 0 fully saturated rings. The molecule has 4 nitrogen and oxygen atoms in total. The van der Waals surface area contributed by atoms with E-state index < -0.39 is 0 Å². The van der Waals surface area contributed by atoms with E-state index in [4.69, 9.17) is 0 Å². The van der Waals surface area contributed by atoms with E-state index in [1.165, 1.54) is 27.6 Å². The lowest BCUT2D eigenvalue weighted by Gasteiger charge is -2.39. The predicted octanol–water partition coefficient (Wildman–Crippen LogP) is 3.34. The standard InChI is InChI=1S/C21H27N3O/c1-4-15(5-2)23-21(25)14-9-17-16-7-6-8-18-20(16)13(11-22-18)10-19(17)24(3)12-14/h6-9,11,14-15,19,22H,4-5,10,12H2,1-3H3,(H,23,25)/t14-,19+/m0/s1. The molecule has 0 saturated carbocycles. The summed E-state index contributed by atoms with van der Waals surface area (Å²) < 4.78 is 0. The Labute approximate surface area is 149 Å². The van der Waals surface area contributed by atoms with Crippen LogP contribution in [0.5, 0.6) is 0 Å². The maximum absolute atomic E-state index is 12.8. The fourth-order valence-corrected chi connectivity index (χ4v) is 4.42. The zero-order chi connectivity index (χ0) is 17.6. The highest BCUT2D eigenvalue weighted by atomic mass is 16.2. The van der Waals surface area contributed by atoms with Crippen molar-refractivity contribution in [3.8, 4) is 0 Å². The molecule has 1 aliphatic carbocycles. The van der Waals surface area contributed by atoms with Crippen LogP contribution in [0.15, 0.2) is 30.5 Å². The van der Waals surface area contributed by atoms with Crippen LogP contribution >= 0.6 is 0 Å². The monoisotopic (exact) mass is 337 g/mol. The van der Waals surface area contributed by atoms with Gasteiger partial charge in [0, 0.05) is 35.7 Å². The van der Waals surface area contributed by atoms with Gasteiger partial charge in [0.25, 0.3) is 0 Å². The number of aromatic nitrogens is 1. The number of amides is 1. The normalized spacial score (nSPS) is 22.8. The molecule has 0 spiro atoms. The molecule has 1 aromatic carbocycles. The summed E-state index contributed by atoms with van der Waals surface area (Å²) in [6, 6.07) is 7.08. The fourth-order valence-electron chi connectivity index (χ4n) is 4.42. The molecule has 25 heavy (non-hydrogen) atoms. The average molecular weight is 337 g/mol. The van der Waals surface area contributed by atoms with E-state index in [0.717, 1.165) is 25.8 Å². The van der Waals surface area contributed by atoms with Crippen LogP contribution in [-0.2, 0) is 11.2 Å². The molecule has 1 aliphatic heterocycles. The Bertz CT molecular complexity index is 831. The van der Waals surface area contributed by atoms with Crippen molar-refractivity contribution >= 4 is 22.4 Å².